The van der Waals surface area contributed by atoms with Crippen molar-refractivity contribution >= 4 is 27.4 Å². The van der Waals surface area contributed by atoms with Crippen molar-refractivity contribution in [2.24, 2.45) is 0 Å². The lowest BCUT2D eigenvalue weighted by atomic mass is 9.65. The normalized spacial score (nSPS) is 19.0. The largest absolute Gasteiger partial charge is 0.300 e. The van der Waals surface area contributed by atoms with Crippen molar-refractivity contribution in [2.75, 3.05) is 6.26 Å². The van der Waals surface area contributed by atoms with Crippen molar-refractivity contribution in [3.05, 3.63) is 53.6 Å². The average Bonchev–Trinajstić information content (AvgIpc) is 2.56. The predicted octanol–water partition coefficient (Wildman–Crippen LogP) is 3.98. The van der Waals surface area contributed by atoms with Gasteiger partial charge in [-0.05, 0) is 48.2 Å². The fraction of sp³-hybridized carbons (Fsp3) is 0.316. The molecule has 4 rings (SSSR count). The second-order valence-corrected chi connectivity index (χ2v) is 9.75. The topological polar surface area (TPSA) is 51.2 Å². The summed E-state index contributed by atoms with van der Waals surface area (Å²) in [6, 6.07) is 13.8. The van der Waals surface area contributed by atoms with E-state index in [1.54, 1.807) is 17.8 Å². The molecule has 0 unspecified atom stereocenters. The Morgan fingerprint density at radius 1 is 0.958 bits per heavy atom. The second-order valence-electron chi connectivity index (χ2n) is 6.65. The number of benzene rings is 2. The highest BCUT2D eigenvalue weighted by Gasteiger charge is 2.43. The summed E-state index contributed by atoms with van der Waals surface area (Å²) in [7, 11) is -3.26. The van der Waals surface area contributed by atoms with Gasteiger partial charge in [-0.2, -0.15) is 0 Å². The SMILES string of the molecule is CS(=O)(=O)c1ccc2c(c1)C1(CCC(=O)CC1)c1ccccc1S2. The molecule has 0 saturated heterocycles. The quantitative estimate of drug-likeness (QED) is 0.774. The van der Waals surface area contributed by atoms with Gasteiger partial charge in [0.25, 0.3) is 0 Å². The van der Waals surface area contributed by atoms with Crippen LogP contribution in [0.5, 0.6) is 0 Å². The molecule has 1 fully saturated rings. The molecule has 1 saturated carbocycles. The van der Waals surface area contributed by atoms with Crippen LogP contribution in [0.4, 0.5) is 0 Å². The lowest BCUT2D eigenvalue weighted by Gasteiger charge is -2.43. The Morgan fingerprint density at radius 3 is 2.33 bits per heavy atom. The van der Waals surface area contributed by atoms with Gasteiger partial charge in [0.15, 0.2) is 9.84 Å². The predicted molar refractivity (Wildman–Crippen MR) is 94.4 cm³/mol. The summed E-state index contributed by atoms with van der Waals surface area (Å²) in [4.78, 5) is 14.5. The van der Waals surface area contributed by atoms with Crippen LogP contribution >= 0.6 is 11.8 Å². The van der Waals surface area contributed by atoms with Crippen molar-refractivity contribution in [1.82, 2.24) is 0 Å². The molecule has 0 N–H and O–H groups in total. The van der Waals surface area contributed by atoms with E-state index in [0.717, 1.165) is 23.3 Å². The summed E-state index contributed by atoms with van der Waals surface area (Å²) in [5, 5.41) is 0. The van der Waals surface area contributed by atoms with Crippen LogP contribution in [0, 0.1) is 0 Å². The van der Waals surface area contributed by atoms with Gasteiger partial charge < -0.3 is 0 Å². The van der Waals surface area contributed by atoms with Crippen molar-refractivity contribution in [3.63, 3.8) is 0 Å². The highest BCUT2D eigenvalue weighted by Crippen LogP contribution is 2.55. The van der Waals surface area contributed by atoms with Crippen LogP contribution in [-0.4, -0.2) is 20.5 Å². The first-order chi connectivity index (χ1) is 11.4. The Kier molecular flexibility index (Phi) is 3.62. The molecular weight excluding hydrogens is 340 g/mol. The van der Waals surface area contributed by atoms with Crippen molar-refractivity contribution in [3.8, 4) is 0 Å². The summed E-state index contributed by atoms with van der Waals surface area (Å²) >= 11 is 1.69. The number of hydrogen-bond donors (Lipinski definition) is 0. The molecule has 2 aliphatic rings. The molecule has 124 valence electrons. The lowest BCUT2D eigenvalue weighted by molar-refractivity contribution is -0.121. The maximum absolute atomic E-state index is 12.0. The molecule has 0 amide bonds. The molecule has 5 heteroatoms. The number of ketones is 1. The van der Waals surface area contributed by atoms with Crippen LogP contribution in [-0.2, 0) is 20.0 Å². The molecule has 24 heavy (non-hydrogen) atoms. The zero-order valence-corrected chi connectivity index (χ0v) is 15.0. The first-order valence-electron chi connectivity index (χ1n) is 8.04. The summed E-state index contributed by atoms with van der Waals surface area (Å²) in [6.07, 6.45) is 3.87. The Labute approximate surface area is 146 Å². The number of carbonyl (C=O) groups excluding carboxylic acids is 1. The molecular formula is C19H18O3S2. The molecule has 0 atom stereocenters. The number of carbonyl (C=O) groups is 1. The maximum Gasteiger partial charge on any atom is 0.175 e. The van der Waals surface area contributed by atoms with E-state index >= 15 is 0 Å². The molecule has 1 aliphatic heterocycles. The van der Waals surface area contributed by atoms with E-state index < -0.39 is 9.84 Å². The molecule has 1 aliphatic carbocycles. The smallest absolute Gasteiger partial charge is 0.175 e. The number of rotatable bonds is 1. The van der Waals surface area contributed by atoms with E-state index in [4.69, 9.17) is 0 Å². The minimum absolute atomic E-state index is 0.244. The van der Waals surface area contributed by atoms with Crippen LogP contribution in [0.1, 0.15) is 36.8 Å². The Bertz CT molecular complexity index is 935. The summed E-state index contributed by atoms with van der Waals surface area (Å²) < 4.78 is 24.1. The average molecular weight is 358 g/mol. The Morgan fingerprint density at radius 2 is 1.62 bits per heavy atom. The van der Waals surface area contributed by atoms with Crippen LogP contribution in [0.2, 0.25) is 0 Å². The van der Waals surface area contributed by atoms with Crippen molar-refractivity contribution in [2.45, 2.75) is 45.8 Å². The van der Waals surface area contributed by atoms with Crippen LogP contribution in [0.15, 0.2) is 57.2 Å². The maximum atomic E-state index is 12.0. The van der Waals surface area contributed by atoms with E-state index in [9.17, 15) is 13.2 Å². The number of fused-ring (bicyclic) bond motifs is 4. The third kappa shape index (κ3) is 2.42. The fourth-order valence-electron chi connectivity index (χ4n) is 3.91. The summed E-state index contributed by atoms with van der Waals surface area (Å²) in [5.41, 5.74) is 2.06. The molecule has 0 bridgehead atoms. The highest BCUT2D eigenvalue weighted by atomic mass is 32.2. The number of Topliss-reactive ketones (excluding diaryl/α,β-unsaturated/α-hetero) is 1. The second kappa shape index (κ2) is 5.46. The first-order valence-corrected chi connectivity index (χ1v) is 10.7. The van der Waals surface area contributed by atoms with E-state index in [1.165, 1.54) is 16.7 Å². The Hall–Kier alpha value is -1.59. The Balaban J connectivity index is 1.97. The van der Waals surface area contributed by atoms with Gasteiger partial charge in [-0.3, -0.25) is 4.79 Å². The molecule has 1 spiro atoms. The zero-order chi connectivity index (χ0) is 16.9. The molecule has 0 radical (unpaired) electrons. The highest BCUT2D eigenvalue weighted by molar-refractivity contribution is 7.99. The fourth-order valence-corrected chi connectivity index (χ4v) is 5.82. The third-order valence-corrected chi connectivity index (χ3v) is 7.44. The van der Waals surface area contributed by atoms with E-state index in [0.29, 0.717) is 23.5 Å². The third-order valence-electron chi connectivity index (χ3n) is 5.18. The standard InChI is InChI=1S/C19H18O3S2/c1-24(21,22)14-6-7-18-16(12-14)19(10-8-13(20)9-11-19)15-4-2-3-5-17(15)23-18/h2-7,12H,8-11H2,1H3. The summed E-state index contributed by atoms with van der Waals surface area (Å²) in [5.74, 6) is 0.303. The van der Waals surface area contributed by atoms with Gasteiger partial charge in [-0.15, -0.1) is 0 Å². The van der Waals surface area contributed by atoms with Gasteiger partial charge in [-0.1, -0.05) is 30.0 Å². The van der Waals surface area contributed by atoms with Crippen LogP contribution < -0.4 is 0 Å². The van der Waals surface area contributed by atoms with Crippen molar-refractivity contribution in [1.29, 1.82) is 0 Å². The molecule has 1 heterocycles. The van der Waals surface area contributed by atoms with Gasteiger partial charge in [0.1, 0.15) is 5.78 Å². The van der Waals surface area contributed by atoms with E-state index in [1.807, 2.05) is 24.3 Å². The molecule has 3 nitrogen and oxygen atoms in total. The minimum atomic E-state index is -3.26. The van der Waals surface area contributed by atoms with Gasteiger partial charge in [0.05, 0.1) is 4.90 Å². The molecule has 2 aromatic carbocycles. The van der Waals surface area contributed by atoms with Crippen LogP contribution in [0.3, 0.4) is 0 Å². The monoisotopic (exact) mass is 358 g/mol. The molecule has 0 aromatic heterocycles. The van der Waals surface area contributed by atoms with Crippen molar-refractivity contribution < 1.29 is 13.2 Å². The lowest BCUT2D eigenvalue weighted by Crippen LogP contribution is -2.36. The number of sulfone groups is 1. The van der Waals surface area contributed by atoms with E-state index in [2.05, 4.69) is 12.1 Å². The minimum Gasteiger partial charge on any atom is -0.300 e. The van der Waals surface area contributed by atoms with Gasteiger partial charge in [-0.25, -0.2) is 8.42 Å². The van der Waals surface area contributed by atoms with E-state index in [-0.39, 0.29) is 5.41 Å². The van der Waals surface area contributed by atoms with Crippen LogP contribution in [0.25, 0.3) is 0 Å². The van der Waals surface area contributed by atoms with Gasteiger partial charge >= 0.3 is 0 Å². The van der Waals surface area contributed by atoms with Gasteiger partial charge in [0, 0.05) is 34.3 Å². The first kappa shape index (κ1) is 15.9. The van der Waals surface area contributed by atoms with Gasteiger partial charge in [0.2, 0.25) is 0 Å². The molecule has 2 aromatic rings. The summed E-state index contributed by atoms with van der Waals surface area (Å²) in [6.45, 7) is 0. The number of hydrogen-bond acceptors (Lipinski definition) is 4. The zero-order valence-electron chi connectivity index (χ0n) is 13.4.